The molecule has 6 nitrogen and oxygen atoms in total. The van der Waals surface area contributed by atoms with Gasteiger partial charge in [0.25, 0.3) is 0 Å². The van der Waals surface area contributed by atoms with Crippen molar-refractivity contribution in [2.75, 3.05) is 0 Å². The zero-order valence-corrected chi connectivity index (χ0v) is 9.83. The second-order valence-electron chi connectivity index (χ2n) is 4.06. The molecule has 0 saturated carbocycles. The van der Waals surface area contributed by atoms with E-state index in [2.05, 4.69) is 10.2 Å². The van der Waals surface area contributed by atoms with E-state index < -0.39 is 0 Å². The van der Waals surface area contributed by atoms with Crippen LogP contribution in [0.15, 0.2) is 40.4 Å². The highest BCUT2D eigenvalue weighted by atomic mass is 16.3. The number of rotatable bonds is 4. The van der Waals surface area contributed by atoms with Crippen LogP contribution in [0.4, 0.5) is 0 Å². The molecule has 94 valence electrons. The highest BCUT2D eigenvalue weighted by Gasteiger charge is 2.07. The van der Waals surface area contributed by atoms with E-state index >= 15 is 0 Å². The topological polar surface area (TPSA) is 87.4 Å². The Morgan fingerprint density at radius 2 is 2.06 bits per heavy atom. The van der Waals surface area contributed by atoms with Gasteiger partial charge in [-0.25, -0.2) is 4.79 Å². The second-order valence-corrected chi connectivity index (χ2v) is 4.06. The standard InChI is InChI=1S/C12H13N3O3/c1-8(14-18)10-4-2-9(3-5-10)7-15-11(16)6-13-12(15)17/h2-6,8,16H,7H2,1H3,(H,13,17). The van der Waals surface area contributed by atoms with E-state index in [0.29, 0.717) is 0 Å². The van der Waals surface area contributed by atoms with E-state index in [1.165, 1.54) is 10.8 Å². The first-order valence-corrected chi connectivity index (χ1v) is 5.50. The predicted octanol–water partition coefficient (Wildman–Crippen LogP) is 1.76. The summed E-state index contributed by atoms with van der Waals surface area (Å²) in [6.07, 6.45) is 1.25. The van der Waals surface area contributed by atoms with Crippen LogP contribution >= 0.6 is 0 Å². The lowest BCUT2D eigenvalue weighted by molar-refractivity contribution is 0.421. The third kappa shape index (κ3) is 2.32. The molecule has 0 saturated heterocycles. The third-order valence-corrected chi connectivity index (χ3v) is 2.81. The monoisotopic (exact) mass is 247 g/mol. The molecule has 1 unspecified atom stereocenters. The highest BCUT2D eigenvalue weighted by Crippen LogP contribution is 2.17. The summed E-state index contributed by atoms with van der Waals surface area (Å²) in [6, 6.07) is 6.79. The number of hydrogen-bond donors (Lipinski definition) is 2. The molecule has 0 radical (unpaired) electrons. The van der Waals surface area contributed by atoms with Gasteiger partial charge in [0.15, 0.2) is 0 Å². The molecule has 18 heavy (non-hydrogen) atoms. The Labute approximate surface area is 103 Å². The Bertz CT molecular complexity index is 598. The van der Waals surface area contributed by atoms with Gasteiger partial charge in [-0.2, -0.15) is 4.91 Å². The predicted molar refractivity (Wildman–Crippen MR) is 66.5 cm³/mol. The molecular formula is C12H13N3O3. The van der Waals surface area contributed by atoms with Crippen molar-refractivity contribution in [1.29, 1.82) is 0 Å². The van der Waals surface area contributed by atoms with Crippen LogP contribution in [0.2, 0.25) is 0 Å². The first-order valence-electron chi connectivity index (χ1n) is 5.50. The summed E-state index contributed by atoms with van der Waals surface area (Å²) in [5, 5.41) is 12.4. The fraction of sp³-hybridized carbons (Fsp3) is 0.250. The number of nitrogens with zero attached hydrogens (tertiary/aromatic N) is 2. The first-order chi connectivity index (χ1) is 8.61. The Kier molecular flexibility index (Phi) is 3.27. The van der Waals surface area contributed by atoms with Gasteiger partial charge in [0.1, 0.15) is 6.04 Å². The van der Waals surface area contributed by atoms with Crippen molar-refractivity contribution in [2.24, 2.45) is 5.18 Å². The minimum atomic E-state index is -0.387. The fourth-order valence-electron chi connectivity index (χ4n) is 1.68. The number of nitroso groups, excluding NO2 is 1. The van der Waals surface area contributed by atoms with E-state index in [9.17, 15) is 14.8 Å². The maximum Gasteiger partial charge on any atom is 0.328 e. The SMILES string of the molecule is CC(N=O)c1ccc(Cn2c(O)c[nH]c2=O)cc1. The number of nitrogens with one attached hydrogen (secondary N) is 1. The molecule has 0 aliphatic rings. The van der Waals surface area contributed by atoms with Gasteiger partial charge >= 0.3 is 5.69 Å². The zero-order chi connectivity index (χ0) is 13.1. The van der Waals surface area contributed by atoms with Gasteiger partial charge in [-0.3, -0.25) is 4.57 Å². The summed E-state index contributed by atoms with van der Waals surface area (Å²) in [5.41, 5.74) is 1.31. The largest absolute Gasteiger partial charge is 0.493 e. The molecule has 6 heteroatoms. The van der Waals surface area contributed by atoms with E-state index in [4.69, 9.17) is 0 Å². The highest BCUT2D eigenvalue weighted by molar-refractivity contribution is 5.25. The van der Waals surface area contributed by atoms with E-state index in [1.807, 2.05) is 0 Å². The van der Waals surface area contributed by atoms with Gasteiger partial charge in [0.05, 0.1) is 12.7 Å². The molecule has 0 aliphatic carbocycles. The van der Waals surface area contributed by atoms with Crippen LogP contribution in [0.25, 0.3) is 0 Å². The number of aromatic hydroxyl groups is 1. The number of benzene rings is 1. The normalized spacial score (nSPS) is 12.3. The van der Waals surface area contributed by atoms with Crippen LogP contribution in [0.1, 0.15) is 24.1 Å². The molecule has 0 amide bonds. The molecule has 0 fully saturated rings. The second kappa shape index (κ2) is 4.87. The van der Waals surface area contributed by atoms with Crippen LogP contribution < -0.4 is 5.69 Å². The molecule has 1 atom stereocenters. The Hall–Kier alpha value is -2.37. The van der Waals surface area contributed by atoms with Gasteiger partial charge in [-0.15, -0.1) is 0 Å². The summed E-state index contributed by atoms with van der Waals surface area (Å²) in [6.45, 7) is 1.99. The van der Waals surface area contributed by atoms with Crippen LogP contribution in [0.5, 0.6) is 5.88 Å². The quantitative estimate of drug-likeness (QED) is 0.807. The molecule has 0 aliphatic heterocycles. The molecular weight excluding hydrogens is 234 g/mol. The fourth-order valence-corrected chi connectivity index (χ4v) is 1.68. The molecule has 0 spiro atoms. The van der Waals surface area contributed by atoms with Gasteiger partial charge in [0.2, 0.25) is 5.88 Å². The lowest BCUT2D eigenvalue weighted by atomic mass is 10.1. The van der Waals surface area contributed by atoms with Crippen molar-refractivity contribution in [3.05, 3.63) is 57.0 Å². The molecule has 1 aromatic carbocycles. The van der Waals surface area contributed by atoms with Crippen molar-refractivity contribution < 1.29 is 5.11 Å². The summed E-state index contributed by atoms with van der Waals surface area (Å²) >= 11 is 0. The maximum absolute atomic E-state index is 11.4. The first kappa shape index (κ1) is 12.1. The average Bonchev–Trinajstić information content (AvgIpc) is 2.70. The zero-order valence-electron chi connectivity index (χ0n) is 9.83. The van der Waals surface area contributed by atoms with Crippen LogP contribution in [0.3, 0.4) is 0 Å². The Morgan fingerprint density at radius 1 is 1.39 bits per heavy atom. The summed E-state index contributed by atoms with van der Waals surface area (Å²) in [4.78, 5) is 24.2. The van der Waals surface area contributed by atoms with Crippen molar-refractivity contribution in [3.63, 3.8) is 0 Å². The maximum atomic E-state index is 11.4. The Morgan fingerprint density at radius 3 is 2.56 bits per heavy atom. The summed E-state index contributed by atoms with van der Waals surface area (Å²) in [5.74, 6) is -0.105. The van der Waals surface area contributed by atoms with Crippen LogP contribution in [-0.4, -0.2) is 14.7 Å². The van der Waals surface area contributed by atoms with Crippen molar-refractivity contribution in [1.82, 2.24) is 9.55 Å². The van der Waals surface area contributed by atoms with Gasteiger partial charge in [-0.05, 0) is 18.1 Å². The van der Waals surface area contributed by atoms with E-state index in [0.717, 1.165) is 11.1 Å². The van der Waals surface area contributed by atoms with Gasteiger partial charge < -0.3 is 10.1 Å². The van der Waals surface area contributed by atoms with Crippen LogP contribution in [-0.2, 0) is 6.54 Å². The lowest BCUT2D eigenvalue weighted by Crippen LogP contribution is -2.17. The minimum Gasteiger partial charge on any atom is -0.493 e. The molecule has 1 aromatic heterocycles. The van der Waals surface area contributed by atoms with Crippen molar-refractivity contribution in [3.8, 4) is 5.88 Å². The molecule has 0 bridgehead atoms. The average molecular weight is 247 g/mol. The summed E-state index contributed by atoms with van der Waals surface area (Å²) < 4.78 is 1.22. The summed E-state index contributed by atoms with van der Waals surface area (Å²) in [7, 11) is 0. The number of imidazole rings is 1. The third-order valence-electron chi connectivity index (χ3n) is 2.81. The van der Waals surface area contributed by atoms with Gasteiger partial charge in [-0.1, -0.05) is 29.4 Å². The minimum absolute atomic E-state index is 0.105. The number of aromatic nitrogens is 2. The number of aromatic amines is 1. The van der Waals surface area contributed by atoms with Crippen molar-refractivity contribution >= 4 is 0 Å². The van der Waals surface area contributed by atoms with E-state index in [-0.39, 0.29) is 24.2 Å². The lowest BCUT2D eigenvalue weighted by Gasteiger charge is -2.06. The van der Waals surface area contributed by atoms with Crippen molar-refractivity contribution in [2.45, 2.75) is 19.5 Å². The molecule has 1 heterocycles. The van der Waals surface area contributed by atoms with E-state index in [1.54, 1.807) is 31.2 Å². The van der Waals surface area contributed by atoms with Crippen LogP contribution in [0, 0.1) is 4.91 Å². The number of hydrogen-bond acceptors (Lipinski definition) is 4. The number of H-pyrrole nitrogens is 1. The molecule has 2 N–H and O–H groups in total. The molecule has 2 aromatic rings. The smallest absolute Gasteiger partial charge is 0.328 e. The van der Waals surface area contributed by atoms with Gasteiger partial charge in [0, 0.05) is 0 Å². The Balaban J connectivity index is 2.21. The molecule has 2 rings (SSSR count).